The van der Waals surface area contributed by atoms with Crippen molar-refractivity contribution in [2.45, 2.75) is 72.3 Å². The Bertz CT molecular complexity index is 875. The largest absolute Gasteiger partial charge is 0.427 e. The van der Waals surface area contributed by atoms with Crippen LogP contribution in [0.5, 0.6) is 0 Å². The monoisotopic (exact) mass is 437 g/mol. The highest BCUT2D eigenvalue weighted by Crippen LogP contribution is 2.47. The molecule has 1 N–H and O–H groups in total. The Labute approximate surface area is 183 Å². The number of rotatable bonds is 3. The predicted octanol–water partition coefficient (Wildman–Crippen LogP) is 5.93. The van der Waals surface area contributed by atoms with Gasteiger partial charge in [0.15, 0.2) is 0 Å². The maximum Gasteiger partial charge on any atom is 0.316 e. The summed E-state index contributed by atoms with van der Waals surface area (Å²) in [6, 6.07) is 3.45. The lowest BCUT2D eigenvalue weighted by Crippen LogP contribution is -2.48. The Hall–Kier alpha value is -1.52. The third-order valence-corrected chi connectivity index (χ3v) is 6.46. The third kappa shape index (κ3) is 4.20. The van der Waals surface area contributed by atoms with E-state index in [4.69, 9.17) is 27.9 Å². The van der Waals surface area contributed by atoms with E-state index in [9.17, 15) is 9.59 Å². The lowest BCUT2D eigenvalue weighted by atomic mass is 9.76. The second-order valence-electron chi connectivity index (χ2n) is 9.34. The van der Waals surface area contributed by atoms with Gasteiger partial charge in [-0.15, -0.1) is 0 Å². The number of ether oxygens (including phenoxy) is 1. The van der Waals surface area contributed by atoms with Crippen LogP contribution in [0.1, 0.15) is 71.4 Å². The number of halogens is 2. The average molecular weight is 438 g/mol. The van der Waals surface area contributed by atoms with Crippen LogP contribution in [-0.2, 0) is 20.7 Å². The maximum atomic E-state index is 13.2. The number of esters is 1. The van der Waals surface area contributed by atoms with Gasteiger partial charge in [-0.2, -0.15) is 0 Å². The molecule has 1 spiro atoms. The first kappa shape index (κ1) is 22.2. The maximum absolute atomic E-state index is 13.2. The van der Waals surface area contributed by atoms with E-state index < -0.39 is 11.0 Å². The van der Waals surface area contributed by atoms with Crippen LogP contribution < -0.4 is 5.32 Å². The van der Waals surface area contributed by atoms with Gasteiger partial charge >= 0.3 is 5.97 Å². The molecule has 6 heteroatoms. The quantitative estimate of drug-likeness (QED) is 0.595. The van der Waals surface area contributed by atoms with Gasteiger partial charge in [0.25, 0.3) is 5.91 Å². The smallest absolute Gasteiger partial charge is 0.316 e. The van der Waals surface area contributed by atoms with Gasteiger partial charge < -0.3 is 10.1 Å². The molecule has 0 radical (unpaired) electrons. The fourth-order valence-corrected chi connectivity index (χ4v) is 4.72. The molecule has 4 nitrogen and oxygen atoms in total. The first-order valence-electron chi connectivity index (χ1n) is 10.3. The van der Waals surface area contributed by atoms with Gasteiger partial charge in [0.05, 0.1) is 21.5 Å². The molecule has 3 rings (SSSR count). The second kappa shape index (κ2) is 7.96. The van der Waals surface area contributed by atoms with Gasteiger partial charge in [-0.05, 0) is 76.5 Å². The van der Waals surface area contributed by atoms with Crippen molar-refractivity contribution in [3.05, 3.63) is 39.1 Å². The van der Waals surface area contributed by atoms with Gasteiger partial charge in [-0.1, -0.05) is 37.0 Å². The molecule has 0 unspecified atom stereocenters. The van der Waals surface area contributed by atoms with E-state index >= 15 is 0 Å². The molecule has 0 bridgehead atoms. The summed E-state index contributed by atoms with van der Waals surface area (Å²) < 4.78 is 5.99. The van der Waals surface area contributed by atoms with Crippen LogP contribution in [0.2, 0.25) is 10.0 Å². The van der Waals surface area contributed by atoms with Gasteiger partial charge in [0.2, 0.25) is 0 Å². The molecule has 1 aromatic carbocycles. The highest BCUT2D eigenvalue weighted by Gasteiger charge is 2.50. The van der Waals surface area contributed by atoms with Crippen molar-refractivity contribution in [3.8, 4) is 0 Å². The molecule has 1 fully saturated rings. The number of nitrogens with one attached hydrogen (secondary N) is 1. The molecule has 2 aliphatic rings. The zero-order chi connectivity index (χ0) is 21.6. The third-order valence-electron chi connectivity index (χ3n) is 5.94. The van der Waals surface area contributed by atoms with E-state index in [0.717, 1.165) is 31.2 Å². The van der Waals surface area contributed by atoms with E-state index in [1.165, 1.54) is 0 Å². The molecule has 1 heterocycles. The molecule has 29 heavy (non-hydrogen) atoms. The molecule has 1 aliphatic heterocycles. The van der Waals surface area contributed by atoms with E-state index in [2.05, 4.69) is 12.2 Å². The van der Waals surface area contributed by atoms with Crippen molar-refractivity contribution in [2.75, 3.05) is 0 Å². The van der Waals surface area contributed by atoms with Crippen molar-refractivity contribution in [1.82, 2.24) is 5.32 Å². The molecular formula is C23H29Cl2NO3. The standard InChI is InChI=1S/C23H29Cl2NO3/c1-6-14-11-15(24)12-16(25)17(14)18-19(29-21(28)22(3,4)5)23(26-20(18)27)9-7-13(2)8-10-23/h11-13H,6-10H2,1-5H3,(H,26,27). The van der Waals surface area contributed by atoms with Gasteiger partial charge in [0, 0.05) is 10.6 Å². The number of carbonyl (C=O) groups excluding carboxylic acids is 2. The lowest BCUT2D eigenvalue weighted by Gasteiger charge is -2.38. The fourth-order valence-electron chi connectivity index (χ4n) is 4.09. The first-order valence-corrected chi connectivity index (χ1v) is 11.0. The van der Waals surface area contributed by atoms with E-state index in [1.807, 2.05) is 33.8 Å². The normalized spacial score (nSPS) is 24.8. The van der Waals surface area contributed by atoms with E-state index in [0.29, 0.717) is 39.3 Å². The van der Waals surface area contributed by atoms with Crippen LogP contribution in [0.4, 0.5) is 0 Å². The minimum absolute atomic E-state index is 0.241. The van der Waals surface area contributed by atoms with Crippen molar-refractivity contribution in [1.29, 1.82) is 0 Å². The van der Waals surface area contributed by atoms with Crippen LogP contribution in [0.15, 0.2) is 17.9 Å². The van der Waals surface area contributed by atoms with Crippen molar-refractivity contribution in [2.24, 2.45) is 11.3 Å². The molecule has 0 aromatic heterocycles. The summed E-state index contributed by atoms with van der Waals surface area (Å²) in [6.45, 7) is 9.62. The minimum Gasteiger partial charge on any atom is -0.427 e. The molecular weight excluding hydrogens is 409 g/mol. The summed E-state index contributed by atoms with van der Waals surface area (Å²) >= 11 is 12.8. The number of aryl methyl sites for hydroxylation is 1. The number of benzene rings is 1. The van der Waals surface area contributed by atoms with Gasteiger partial charge in [-0.3, -0.25) is 9.59 Å². The molecule has 1 aliphatic carbocycles. The van der Waals surface area contributed by atoms with Gasteiger partial charge in [0.1, 0.15) is 5.76 Å². The SMILES string of the molecule is CCc1cc(Cl)cc(Cl)c1C1=C(OC(=O)C(C)(C)C)C2(CCC(C)CC2)NC1=O. The summed E-state index contributed by atoms with van der Waals surface area (Å²) in [7, 11) is 0. The van der Waals surface area contributed by atoms with E-state index in [1.54, 1.807) is 6.07 Å². The fraction of sp³-hybridized carbons (Fsp3) is 0.565. The number of amides is 1. The highest BCUT2D eigenvalue weighted by atomic mass is 35.5. The summed E-state index contributed by atoms with van der Waals surface area (Å²) in [5, 5.41) is 4.07. The molecule has 1 aromatic rings. The molecule has 0 saturated heterocycles. The Kier molecular flexibility index (Phi) is 6.08. The minimum atomic E-state index is -0.690. The van der Waals surface area contributed by atoms with Crippen LogP contribution in [0.25, 0.3) is 5.57 Å². The average Bonchev–Trinajstić information content (AvgIpc) is 2.88. The summed E-state index contributed by atoms with van der Waals surface area (Å²) in [5.74, 6) is 0.400. The van der Waals surface area contributed by atoms with Crippen LogP contribution >= 0.6 is 23.2 Å². The summed E-state index contributed by atoms with van der Waals surface area (Å²) in [5.41, 5.74) is 0.495. The second-order valence-corrected chi connectivity index (χ2v) is 10.2. The predicted molar refractivity (Wildman–Crippen MR) is 117 cm³/mol. The number of hydrogen-bond acceptors (Lipinski definition) is 3. The van der Waals surface area contributed by atoms with Crippen molar-refractivity contribution in [3.63, 3.8) is 0 Å². The van der Waals surface area contributed by atoms with Crippen LogP contribution in [0, 0.1) is 11.3 Å². The first-order chi connectivity index (χ1) is 13.5. The molecule has 158 valence electrons. The Balaban J connectivity index is 2.22. The Morgan fingerprint density at radius 2 is 1.86 bits per heavy atom. The van der Waals surface area contributed by atoms with Crippen molar-refractivity contribution < 1.29 is 14.3 Å². The highest BCUT2D eigenvalue weighted by molar-refractivity contribution is 6.38. The zero-order valence-electron chi connectivity index (χ0n) is 17.7. The Morgan fingerprint density at radius 3 is 2.41 bits per heavy atom. The summed E-state index contributed by atoms with van der Waals surface area (Å²) in [6.07, 6.45) is 4.04. The lowest BCUT2D eigenvalue weighted by molar-refractivity contribution is -0.150. The summed E-state index contributed by atoms with van der Waals surface area (Å²) in [4.78, 5) is 26.1. The molecule has 1 amide bonds. The van der Waals surface area contributed by atoms with E-state index in [-0.39, 0.29) is 11.9 Å². The number of carbonyl (C=O) groups is 2. The molecule has 1 saturated carbocycles. The van der Waals surface area contributed by atoms with Crippen LogP contribution in [-0.4, -0.2) is 17.4 Å². The van der Waals surface area contributed by atoms with Gasteiger partial charge in [-0.25, -0.2) is 0 Å². The zero-order valence-corrected chi connectivity index (χ0v) is 19.3. The molecule has 0 atom stereocenters. The Morgan fingerprint density at radius 1 is 1.24 bits per heavy atom. The van der Waals surface area contributed by atoms with Crippen LogP contribution in [0.3, 0.4) is 0 Å². The van der Waals surface area contributed by atoms with Crippen molar-refractivity contribution >= 4 is 40.7 Å². The number of hydrogen-bond donors (Lipinski definition) is 1. The topological polar surface area (TPSA) is 55.4 Å².